The van der Waals surface area contributed by atoms with Gasteiger partial charge in [-0.3, -0.25) is 13.9 Å². The number of hydrogen-bond acceptors (Lipinski definition) is 4. The zero-order valence-electron chi connectivity index (χ0n) is 25.2. The smallest absolute Gasteiger partial charge is 0.264 e. The van der Waals surface area contributed by atoms with Crippen molar-refractivity contribution in [3.8, 4) is 0 Å². The summed E-state index contributed by atoms with van der Waals surface area (Å²) in [5.74, 6) is -0.806. The first-order valence-corrected chi connectivity index (χ1v) is 16.4. The van der Waals surface area contributed by atoms with E-state index in [2.05, 4.69) is 5.32 Å². The van der Waals surface area contributed by atoms with Gasteiger partial charge in [0, 0.05) is 24.5 Å². The zero-order chi connectivity index (χ0) is 31.7. The van der Waals surface area contributed by atoms with Crippen molar-refractivity contribution in [2.24, 2.45) is 0 Å². The number of carbonyl (C=O) groups is 2. The summed E-state index contributed by atoms with van der Waals surface area (Å²) < 4.78 is 29.2. The lowest BCUT2D eigenvalue weighted by molar-refractivity contribution is -0.140. The Morgan fingerprint density at radius 3 is 1.98 bits per heavy atom. The highest BCUT2D eigenvalue weighted by atomic mass is 35.5. The summed E-state index contributed by atoms with van der Waals surface area (Å²) in [6.45, 7) is 5.86. The first-order chi connectivity index (χ1) is 21.1. The number of amides is 2. The van der Waals surface area contributed by atoms with Crippen LogP contribution in [-0.2, 0) is 32.6 Å². The van der Waals surface area contributed by atoms with E-state index < -0.39 is 28.5 Å². The molecule has 0 bridgehead atoms. The average Bonchev–Trinajstić information content (AvgIpc) is 3.02. The Balaban J connectivity index is 1.78. The molecular formula is C35H38ClN3O4S. The number of halogens is 1. The molecule has 7 nitrogen and oxygen atoms in total. The van der Waals surface area contributed by atoms with E-state index in [4.69, 9.17) is 11.6 Å². The van der Waals surface area contributed by atoms with E-state index in [1.807, 2.05) is 75.4 Å². The Labute approximate surface area is 265 Å². The molecule has 44 heavy (non-hydrogen) atoms. The first kappa shape index (κ1) is 32.8. The normalized spacial score (nSPS) is 11.9. The van der Waals surface area contributed by atoms with Crippen molar-refractivity contribution in [1.29, 1.82) is 0 Å². The van der Waals surface area contributed by atoms with Crippen LogP contribution in [0.3, 0.4) is 0 Å². The molecule has 1 N–H and O–H groups in total. The van der Waals surface area contributed by atoms with Gasteiger partial charge in [0.15, 0.2) is 0 Å². The highest BCUT2D eigenvalue weighted by Gasteiger charge is 2.34. The van der Waals surface area contributed by atoms with E-state index in [0.717, 1.165) is 33.0 Å². The first-order valence-electron chi connectivity index (χ1n) is 14.6. The van der Waals surface area contributed by atoms with Gasteiger partial charge >= 0.3 is 0 Å². The lowest BCUT2D eigenvalue weighted by Crippen LogP contribution is -2.53. The van der Waals surface area contributed by atoms with Crippen molar-refractivity contribution < 1.29 is 18.0 Å². The topological polar surface area (TPSA) is 86.8 Å². The summed E-state index contributed by atoms with van der Waals surface area (Å²) in [4.78, 5) is 29.7. The maximum atomic E-state index is 14.4. The maximum Gasteiger partial charge on any atom is 0.264 e. The molecule has 4 rings (SSSR count). The van der Waals surface area contributed by atoms with E-state index in [1.54, 1.807) is 36.4 Å². The number of carbonyl (C=O) groups excluding carboxylic acids is 2. The molecule has 0 aromatic heterocycles. The Hall–Kier alpha value is -4.14. The summed E-state index contributed by atoms with van der Waals surface area (Å²) in [6, 6.07) is 29.1. The van der Waals surface area contributed by atoms with E-state index in [9.17, 15) is 18.0 Å². The molecule has 0 spiro atoms. The van der Waals surface area contributed by atoms with Crippen LogP contribution in [0.2, 0.25) is 5.02 Å². The molecule has 0 radical (unpaired) electrons. The molecule has 0 saturated carbocycles. The van der Waals surface area contributed by atoms with Crippen LogP contribution in [0.1, 0.15) is 35.6 Å². The van der Waals surface area contributed by atoms with E-state index in [1.165, 1.54) is 17.0 Å². The molecular weight excluding hydrogens is 594 g/mol. The van der Waals surface area contributed by atoms with Gasteiger partial charge in [-0.1, -0.05) is 96.4 Å². The lowest BCUT2D eigenvalue weighted by Gasteiger charge is -2.34. The second kappa shape index (κ2) is 15.0. The summed E-state index contributed by atoms with van der Waals surface area (Å²) >= 11 is 6.13. The fraction of sp³-hybridized carbons (Fsp3) is 0.257. The van der Waals surface area contributed by atoms with Gasteiger partial charge in [-0.2, -0.15) is 0 Å². The molecule has 0 aliphatic rings. The predicted octanol–water partition coefficient (Wildman–Crippen LogP) is 6.32. The maximum absolute atomic E-state index is 14.4. The van der Waals surface area contributed by atoms with Crippen molar-refractivity contribution in [3.05, 3.63) is 130 Å². The van der Waals surface area contributed by atoms with Gasteiger partial charge in [0.2, 0.25) is 11.8 Å². The third-order valence-corrected chi connectivity index (χ3v) is 9.34. The fourth-order valence-corrected chi connectivity index (χ4v) is 6.32. The van der Waals surface area contributed by atoms with E-state index in [0.29, 0.717) is 11.6 Å². The Morgan fingerprint density at radius 1 is 0.795 bits per heavy atom. The third-order valence-electron chi connectivity index (χ3n) is 7.30. The molecule has 230 valence electrons. The molecule has 0 aliphatic carbocycles. The molecule has 4 aromatic rings. The van der Waals surface area contributed by atoms with Crippen molar-refractivity contribution in [3.63, 3.8) is 0 Å². The molecule has 0 aliphatic heterocycles. The van der Waals surface area contributed by atoms with Crippen LogP contribution >= 0.6 is 11.6 Å². The van der Waals surface area contributed by atoms with Crippen molar-refractivity contribution >= 4 is 39.1 Å². The standard InChI is InChI=1S/C35H38ClN3O4S/c1-4-22-37-35(41)33(23-28-8-6-5-7-9-28)38(24-29-14-10-26(2)11-15-29)34(40)25-39(31-18-16-30(36)17-19-31)44(42,43)32-20-12-27(3)13-21-32/h5-21,33H,4,22-25H2,1-3H3,(H,37,41)/t33-/m1/s1. The predicted molar refractivity (Wildman–Crippen MR) is 176 cm³/mol. The average molecular weight is 632 g/mol. The number of rotatable bonds is 13. The van der Waals surface area contributed by atoms with Crippen LogP contribution in [-0.4, -0.2) is 44.3 Å². The highest BCUT2D eigenvalue weighted by molar-refractivity contribution is 7.92. The van der Waals surface area contributed by atoms with Gasteiger partial charge in [-0.15, -0.1) is 0 Å². The van der Waals surface area contributed by atoms with Gasteiger partial charge in [0.05, 0.1) is 10.6 Å². The van der Waals surface area contributed by atoms with Gasteiger partial charge in [0.25, 0.3) is 10.0 Å². The van der Waals surface area contributed by atoms with Crippen LogP contribution in [0.5, 0.6) is 0 Å². The molecule has 9 heteroatoms. The fourth-order valence-electron chi connectivity index (χ4n) is 4.78. The summed E-state index contributed by atoms with van der Waals surface area (Å²) in [5.41, 5.74) is 3.96. The number of hydrogen-bond donors (Lipinski definition) is 1. The second-order valence-electron chi connectivity index (χ2n) is 10.8. The number of aryl methyl sites for hydroxylation is 2. The SMILES string of the molecule is CCCNC(=O)[C@@H](Cc1ccccc1)N(Cc1ccc(C)cc1)C(=O)CN(c1ccc(Cl)cc1)S(=O)(=O)c1ccc(C)cc1. The Bertz CT molecular complexity index is 1640. The Kier molecular flexibility index (Phi) is 11.2. The summed E-state index contributed by atoms with van der Waals surface area (Å²) in [5, 5.41) is 3.39. The molecule has 2 amide bonds. The number of nitrogens with one attached hydrogen (secondary N) is 1. The summed E-state index contributed by atoms with van der Waals surface area (Å²) in [7, 11) is -4.17. The van der Waals surface area contributed by atoms with Gasteiger partial charge in [-0.05, 0) is 67.8 Å². The molecule has 0 saturated heterocycles. The minimum absolute atomic E-state index is 0.0532. The Morgan fingerprint density at radius 2 is 1.39 bits per heavy atom. The molecule has 1 atom stereocenters. The van der Waals surface area contributed by atoms with Gasteiger partial charge in [0.1, 0.15) is 12.6 Å². The number of sulfonamides is 1. The second-order valence-corrected chi connectivity index (χ2v) is 13.1. The van der Waals surface area contributed by atoms with E-state index >= 15 is 0 Å². The lowest BCUT2D eigenvalue weighted by atomic mass is 10.0. The minimum Gasteiger partial charge on any atom is -0.354 e. The van der Waals surface area contributed by atoms with Crippen molar-refractivity contribution in [1.82, 2.24) is 10.2 Å². The van der Waals surface area contributed by atoms with Crippen molar-refractivity contribution in [2.45, 2.75) is 51.1 Å². The zero-order valence-corrected chi connectivity index (χ0v) is 26.8. The summed E-state index contributed by atoms with van der Waals surface area (Å²) in [6.07, 6.45) is 0.995. The van der Waals surface area contributed by atoms with Crippen LogP contribution in [0.15, 0.2) is 108 Å². The highest BCUT2D eigenvalue weighted by Crippen LogP contribution is 2.26. The molecule has 0 fully saturated rings. The molecule has 4 aromatic carbocycles. The third kappa shape index (κ3) is 8.49. The van der Waals surface area contributed by atoms with Crippen LogP contribution in [0.25, 0.3) is 0 Å². The van der Waals surface area contributed by atoms with Gasteiger partial charge < -0.3 is 10.2 Å². The van der Waals surface area contributed by atoms with Crippen molar-refractivity contribution in [2.75, 3.05) is 17.4 Å². The van der Waals surface area contributed by atoms with Gasteiger partial charge in [-0.25, -0.2) is 8.42 Å². The molecule has 0 heterocycles. The van der Waals surface area contributed by atoms with E-state index in [-0.39, 0.29) is 29.5 Å². The largest absolute Gasteiger partial charge is 0.354 e. The quantitative estimate of drug-likeness (QED) is 0.187. The van der Waals surface area contributed by atoms with Crippen LogP contribution < -0.4 is 9.62 Å². The minimum atomic E-state index is -4.17. The monoisotopic (exact) mass is 631 g/mol. The van der Waals surface area contributed by atoms with Crippen LogP contribution in [0, 0.1) is 13.8 Å². The number of nitrogens with zero attached hydrogens (tertiary/aromatic N) is 2. The number of anilines is 1. The van der Waals surface area contributed by atoms with Crippen LogP contribution in [0.4, 0.5) is 5.69 Å². The number of benzene rings is 4. The molecule has 0 unspecified atom stereocenters.